The molecule has 3 aliphatic rings. The third kappa shape index (κ3) is 4.71. The molecule has 2 aliphatic heterocycles. The third-order valence-corrected chi connectivity index (χ3v) is 9.11. The number of nitrogens with zero attached hydrogens (tertiary/aromatic N) is 2. The van der Waals surface area contributed by atoms with E-state index in [1.807, 2.05) is 17.0 Å². The molecule has 2 aromatic rings. The average molecular weight is 612 g/mol. The fourth-order valence-electron chi connectivity index (χ4n) is 6.06. The van der Waals surface area contributed by atoms with Crippen LogP contribution in [0.2, 0.25) is 5.02 Å². The number of rotatable bonds is 3. The summed E-state index contributed by atoms with van der Waals surface area (Å²) >= 11 is 13.7. The van der Waals surface area contributed by atoms with Gasteiger partial charge in [-0.2, -0.15) is 0 Å². The van der Waals surface area contributed by atoms with Crippen molar-refractivity contribution in [3.05, 3.63) is 60.7 Å². The van der Waals surface area contributed by atoms with Crippen LogP contribution in [0.15, 0.2) is 33.3 Å². The summed E-state index contributed by atoms with van der Waals surface area (Å²) in [6.45, 7) is 3.36. The minimum atomic E-state index is -1.24. The van der Waals surface area contributed by atoms with E-state index in [0.29, 0.717) is 30.5 Å². The number of amides is 1. The summed E-state index contributed by atoms with van der Waals surface area (Å²) in [6, 6.07) is 5.92. The Morgan fingerprint density at radius 1 is 1.12 bits per heavy atom. The Morgan fingerprint density at radius 2 is 1.82 bits per heavy atom. The number of hydrogen-bond acceptors (Lipinski definition) is 4. The smallest absolute Gasteiger partial charge is 0.222 e. The fraction of sp³-hybridized carbons (Fsp3) is 0.538. The first-order valence-corrected chi connectivity index (χ1v) is 14.2. The number of hydrogen-bond donors (Lipinski definition) is 2. The van der Waals surface area contributed by atoms with Crippen LogP contribution in [0.25, 0.3) is 0 Å². The molecule has 3 heterocycles. The zero-order valence-electron chi connectivity index (χ0n) is 19.1. The molecule has 0 saturated carbocycles. The molecule has 1 aliphatic carbocycles. The van der Waals surface area contributed by atoms with Crippen molar-refractivity contribution in [1.82, 2.24) is 15.2 Å². The minimum Gasteiger partial charge on any atom is -0.378 e. The van der Waals surface area contributed by atoms with Crippen molar-refractivity contribution in [1.29, 1.82) is 0 Å². The van der Waals surface area contributed by atoms with E-state index in [2.05, 4.69) is 43.2 Å². The summed E-state index contributed by atoms with van der Waals surface area (Å²) in [5.41, 5.74) is 2.48. The number of nitrogens with one attached hydrogen (secondary N) is 1. The van der Waals surface area contributed by atoms with Gasteiger partial charge in [0.25, 0.3) is 0 Å². The molecule has 8 heteroatoms. The SMILES string of the molecule is O=C(CC1CCNCC1)N1CCC(C2(O)c3ncc(Br)cc3CCc3cc(Cl)cc(Br)c32)CC1. The van der Waals surface area contributed by atoms with E-state index >= 15 is 0 Å². The normalized spacial score (nSPS) is 23.8. The Labute approximate surface area is 222 Å². The Kier molecular flexibility index (Phi) is 7.39. The van der Waals surface area contributed by atoms with Gasteiger partial charge in [-0.1, -0.05) is 27.5 Å². The fourth-order valence-corrected chi connectivity index (χ4v) is 7.61. The summed E-state index contributed by atoms with van der Waals surface area (Å²) in [7, 11) is 0. The molecule has 5 rings (SSSR count). The number of likely N-dealkylation sites (tertiary alicyclic amines) is 1. The van der Waals surface area contributed by atoms with Gasteiger partial charge >= 0.3 is 0 Å². The van der Waals surface area contributed by atoms with Gasteiger partial charge in [0.1, 0.15) is 5.60 Å². The van der Waals surface area contributed by atoms with Crippen molar-refractivity contribution in [2.24, 2.45) is 11.8 Å². The predicted molar refractivity (Wildman–Crippen MR) is 141 cm³/mol. The molecule has 0 radical (unpaired) electrons. The van der Waals surface area contributed by atoms with Crippen LogP contribution in [-0.2, 0) is 23.2 Å². The molecule has 2 N–H and O–H groups in total. The molecule has 1 aromatic heterocycles. The van der Waals surface area contributed by atoms with Crippen LogP contribution in [0.5, 0.6) is 0 Å². The number of benzene rings is 1. The molecule has 34 heavy (non-hydrogen) atoms. The van der Waals surface area contributed by atoms with E-state index in [0.717, 1.165) is 82.9 Å². The summed E-state index contributed by atoms with van der Waals surface area (Å²) in [4.78, 5) is 19.8. The van der Waals surface area contributed by atoms with E-state index in [1.165, 1.54) is 0 Å². The second-order valence-corrected chi connectivity index (χ2v) is 12.1. The van der Waals surface area contributed by atoms with Gasteiger partial charge in [0.15, 0.2) is 0 Å². The van der Waals surface area contributed by atoms with Crippen LogP contribution in [0.1, 0.15) is 54.5 Å². The Morgan fingerprint density at radius 3 is 2.56 bits per heavy atom. The second-order valence-electron chi connectivity index (χ2n) is 9.90. The highest BCUT2D eigenvalue weighted by molar-refractivity contribution is 9.10. The molecule has 2 fully saturated rings. The van der Waals surface area contributed by atoms with Crippen LogP contribution in [0.3, 0.4) is 0 Å². The first-order chi connectivity index (χ1) is 16.4. The highest BCUT2D eigenvalue weighted by atomic mass is 79.9. The maximum Gasteiger partial charge on any atom is 0.222 e. The van der Waals surface area contributed by atoms with Gasteiger partial charge in [0.2, 0.25) is 5.91 Å². The maximum absolute atomic E-state index is 13.0. The lowest BCUT2D eigenvalue weighted by Gasteiger charge is -2.43. The summed E-state index contributed by atoms with van der Waals surface area (Å²) < 4.78 is 1.73. The van der Waals surface area contributed by atoms with Crippen molar-refractivity contribution in [2.75, 3.05) is 26.2 Å². The molecule has 5 nitrogen and oxygen atoms in total. The quantitative estimate of drug-likeness (QED) is 0.500. The van der Waals surface area contributed by atoms with E-state index in [9.17, 15) is 9.90 Å². The van der Waals surface area contributed by atoms with Crippen LogP contribution in [-0.4, -0.2) is 47.1 Å². The highest BCUT2D eigenvalue weighted by Crippen LogP contribution is 2.49. The number of pyridine rings is 1. The topological polar surface area (TPSA) is 65.5 Å². The molecule has 0 spiro atoms. The number of aryl methyl sites for hydroxylation is 2. The largest absolute Gasteiger partial charge is 0.378 e. The van der Waals surface area contributed by atoms with Gasteiger partial charge in [0.05, 0.1) is 5.69 Å². The van der Waals surface area contributed by atoms with Gasteiger partial charge in [-0.25, -0.2) is 0 Å². The van der Waals surface area contributed by atoms with Crippen LogP contribution >= 0.6 is 43.5 Å². The average Bonchev–Trinajstić information content (AvgIpc) is 2.94. The highest BCUT2D eigenvalue weighted by Gasteiger charge is 2.48. The molecular formula is C26H30Br2ClN3O2. The maximum atomic E-state index is 13.0. The minimum absolute atomic E-state index is 0.0443. The molecule has 1 amide bonds. The number of piperidine rings is 2. The lowest BCUT2D eigenvalue weighted by Crippen LogP contribution is -2.47. The van der Waals surface area contributed by atoms with Gasteiger partial charge < -0.3 is 15.3 Å². The van der Waals surface area contributed by atoms with Crippen LogP contribution in [0, 0.1) is 11.8 Å². The number of aliphatic hydroxyl groups is 1. The Hall–Kier alpha value is -0.990. The van der Waals surface area contributed by atoms with Gasteiger partial charge in [0, 0.05) is 51.2 Å². The van der Waals surface area contributed by atoms with Crippen molar-refractivity contribution in [2.45, 2.75) is 50.5 Å². The first kappa shape index (κ1) is 24.7. The molecule has 1 unspecified atom stereocenters. The van der Waals surface area contributed by atoms with Crippen molar-refractivity contribution in [3.8, 4) is 0 Å². The molecule has 1 aromatic carbocycles. The first-order valence-electron chi connectivity index (χ1n) is 12.2. The van der Waals surface area contributed by atoms with Gasteiger partial charge in [-0.15, -0.1) is 0 Å². The van der Waals surface area contributed by atoms with Crippen molar-refractivity contribution in [3.63, 3.8) is 0 Å². The van der Waals surface area contributed by atoms with Crippen molar-refractivity contribution < 1.29 is 9.90 Å². The summed E-state index contributed by atoms with van der Waals surface area (Å²) in [6.07, 6.45) is 7.62. The van der Waals surface area contributed by atoms with Crippen molar-refractivity contribution >= 4 is 49.4 Å². The Bertz CT molecular complexity index is 1080. The number of fused-ring (bicyclic) bond motifs is 2. The molecule has 0 bridgehead atoms. The third-order valence-electron chi connectivity index (χ3n) is 7.84. The number of halogens is 3. The van der Waals surface area contributed by atoms with Gasteiger partial charge in [-0.05, 0) is 103 Å². The number of aromatic nitrogens is 1. The van der Waals surface area contributed by atoms with E-state index in [1.54, 1.807) is 6.20 Å². The zero-order valence-corrected chi connectivity index (χ0v) is 23.1. The number of carbonyl (C=O) groups is 1. The zero-order chi connectivity index (χ0) is 23.9. The predicted octanol–water partition coefficient (Wildman–Crippen LogP) is 5.22. The van der Waals surface area contributed by atoms with E-state index in [4.69, 9.17) is 16.6 Å². The van der Waals surface area contributed by atoms with E-state index in [-0.39, 0.29) is 11.8 Å². The van der Waals surface area contributed by atoms with E-state index < -0.39 is 5.60 Å². The lowest BCUT2D eigenvalue weighted by atomic mass is 9.72. The molecule has 1 atom stereocenters. The van der Waals surface area contributed by atoms with Crippen LogP contribution in [0.4, 0.5) is 0 Å². The monoisotopic (exact) mass is 609 g/mol. The second kappa shape index (κ2) is 10.2. The Balaban J connectivity index is 1.43. The van der Waals surface area contributed by atoms with Gasteiger partial charge in [-0.3, -0.25) is 9.78 Å². The summed E-state index contributed by atoms with van der Waals surface area (Å²) in [5, 5.41) is 16.6. The standard InChI is InChI=1S/C26H30Br2ClN3O2/c27-20-12-18-2-1-17-13-21(29)14-22(28)24(17)26(34,25(18)31-15-20)19-5-9-32(10-6-19)23(33)11-16-3-7-30-8-4-16/h12-16,19,30,34H,1-11H2. The number of carbonyl (C=O) groups excluding carboxylic acids is 1. The molecular weight excluding hydrogens is 582 g/mol. The molecule has 182 valence electrons. The van der Waals surface area contributed by atoms with Crippen LogP contribution < -0.4 is 5.32 Å². The molecule has 2 saturated heterocycles. The lowest BCUT2D eigenvalue weighted by molar-refractivity contribution is -0.135. The summed E-state index contributed by atoms with van der Waals surface area (Å²) in [5.74, 6) is 0.700.